The van der Waals surface area contributed by atoms with Crippen LogP contribution < -0.4 is 20.1 Å². The summed E-state index contributed by atoms with van der Waals surface area (Å²) >= 11 is 0. The number of hydrogen-bond acceptors (Lipinski definition) is 9. The van der Waals surface area contributed by atoms with E-state index in [1.165, 1.54) is 23.1 Å². The Morgan fingerprint density at radius 2 is 0.904 bits per heavy atom. The van der Waals surface area contributed by atoms with Crippen molar-refractivity contribution in [1.29, 1.82) is 0 Å². The minimum Gasteiger partial charge on any atom is -0.480 e. The topological polar surface area (TPSA) is 181 Å². The maximum Gasteiger partial charge on any atom is 0.328 e. The monoisotopic (exact) mass is 995 g/mol. The van der Waals surface area contributed by atoms with Gasteiger partial charge >= 0.3 is 11.9 Å². The van der Waals surface area contributed by atoms with Crippen molar-refractivity contribution in [3.05, 3.63) is 118 Å². The molecule has 2 saturated carbocycles. The molecule has 0 saturated heterocycles. The first-order valence-electron chi connectivity index (χ1n) is 26.8. The Bertz CT molecular complexity index is 2620. The van der Waals surface area contributed by atoms with Crippen molar-refractivity contribution in [2.45, 2.75) is 166 Å². The summed E-state index contributed by atoms with van der Waals surface area (Å²) in [6.45, 7) is 0.448. The number of ether oxygens (including phenoxy) is 3. The number of amides is 4. The molecule has 6 aliphatic heterocycles. The number of hydrogen-bond donors (Lipinski definition) is 3. The standard InChI is InChI=1S/C30H36N2O5.C29H34N2O5/c1-36-30(35)26-18-22-13-16-25-17-23(22)19-32(26)29(34)28(21-8-3-2-4-9-21)31-27(33)10-6-5-7-20-11-14-24(37-25)15-12-20;32-26-9-5-4-6-19-10-13-23(14-11-19)36-24-15-12-21-17-25(29(34)35)31(18-22(21)16-24)28(33)27(30-26)20-7-2-1-3-8-20/h11-17,21,26,28H,2-10,18-19H2,1H3,(H,31,33);10-16,20,25,27H,1-9,17-18H2,(H,30,32)(H,34,35)/t26-,28-;25-,27-/m00/s1. The fraction of sp³-hybridized carbons (Fsp3) is 0.492. The van der Waals surface area contributed by atoms with Crippen LogP contribution in [0.15, 0.2) is 84.9 Å². The second kappa shape index (κ2) is 23.9. The Hall–Kier alpha value is -6.70. The molecule has 14 nitrogen and oxygen atoms in total. The second-order valence-corrected chi connectivity index (χ2v) is 20.9. The molecular formula is C59H70N4O10. The van der Waals surface area contributed by atoms with Gasteiger partial charge in [-0.2, -0.15) is 0 Å². The Morgan fingerprint density at radius 3 is 1.33 bits per heavy atom. The zero-order valence-electron chi connectivity index (χ0n) is 42.1. The van der Waals surface area contributed by atoms with Gasteiger partial charge in [-0.15, -0.1) is 0 Å². The highest BCUT2D eigenvalue weighted by atomic mass is 16.5. The highest BCUT2D eigenvalue weighted by Gasteiger charge is 2.43. The lowest BCUT2D eigenvalue weighted by atomic mass is 9.82. The SMILES string of the molecule is COC(=O)[C@@H]1Cc2ccc3cc2CN1C(=O)[C@H](C1CCCCC1)NC(=O)CCCCc1ccc(cc1)O3.O=C1CCCCc2ccc(cc2)Oc2ccc3c(c2)CN(C(=O)[C@H](C2CCCCC2)N1)[C@H](C(=O)O)C3. The van der Waals surface area contributed by atoms with Crippen LogP contribution in [0.25, 0.3) is 0 Å². The number of rotatable bonds is 4. The normalized spacial score (nSPS) is 23.3. The minimum absolute atomic E-state index is 0.0317. The predicted molar refractivity (Wildman–Crippen MR) is 274 cm³/mol. The number of benzene rings is 4. The van der Waals surface area contributed by atoms with Crippen LogP contribution in [0.4, 0.5) is 0 Å². The summed E-state index contributed by atoms with van der Waals surface area (Å²) in [5.41, 5.74) is 6.12. The van der Waals surface area contributed by atoms with Crippen LogP contribution in [0.1, 0.15) is 136 Å². The molecule has 10 bridgehead atoms. The van der Waals surface area contributed by atoms with E-state index in [4.69, 9.17) is 14.2 Å². The fourth-order valence-corrected chi connectivity index (χ4v) is 11.8. The van der Waals surface area contributed by atoms with Gasteiger partial charge in [-0.1, -0.05) is 74.9 Å². The molecule has 6 heterocycles. The maximum atomic E-state index is 14.1. The summed E-state index contributed by atoms with van der Waals surface area (Å²) in [5.74, 6) is 0.765. The lowest BCUT2D eigenvalue weighted by Crippen LogP contribution is -2.58. The molecule has 4 aromatic rings. The summed E-state index contributed by atoms with van der Waals surface area (Å²) in [7, 11) is 1.35. The van der Waals surface area contributed by atoms with E-state index in [-0.39, 0.29) is 55.0 Å². The molecule has 386 valence electrons. The number of carboxylic acids is 1. The molecule has 0 radical (unpaired) electrons. The van der Waals surface area contributed by atoms with Crippen LogP contribution in [-0.2, 0) is 72.3 Å². The minimum atomic E-state index is -1.02. The number of nitrogens with zero attached hydrogens (tertiary/aromatic N) is 2. The Labute approximate surface area is 428 Å². The molecule has 0 unspecified atom stereocenters. The van der Waals surface area contributed by atoms with Gasteiger partial charge in [-0.3, -0.25) is 19.2 Å². The molecule has 12 rings (SSSR count). The van der Waals surface area contributed by atoms with Crippen LogP contribution in [-0.4, -0.2) is 81.8 Å². The van der Waals surface area contributed by atoms with Gasteiger partial charge in [0.1, 0.15) is 47.2 Å². The van der Waals surface area contributed by atoms with E-state index in [0.717, 1.165) is 136 Å². The van der Waals surface area contributed by atoms with E-state index in [9.17, 15) is 33.9 Å². The first-order chi connectivity index (χ1) is 35.5. The molecule has 4 aromatic carbocycles. The zero-order valence-corrected chi connectivity index (χ0v) is 42.1. The predicted octanol–water partition coefficient (Wildman–Crippen LogP) is 9.31. The van der Waals surface area contributed by atoms with Crippen molar-refractivity contribution >= 4 is 35.6 Å². The van der Waals surface area contributed by atoms with E-state index >= 15 is 0 Å². The van der Waals surface area contributed by atoms with Crippen molar-refractivity contribution in [3.8, 4) is 23.0 Å². The van der Waals surface area contributed by atoms with E-state index in [1.807, 2.05) is 72.8 Å². The molecule has 14 heteroatoms. The maximum absolute atomic E-state index is 14.1. The molecule has 0 aromatic heterocycles. The van der Waals surface area contributed by atoms with Gasteiger partial charge < -0.3 is 39.8 Å². The number of nitrogens with one attached hydrogen (secondary N) is 2. The van der Waals surface area contributed by atoms with Crippen molar-refractivity contribution in [2.24, 2.45) is 11.8 Å². The number of fused-ring (bicyclic) bond motifs is 18. The largest absolute Gasteiger partial charge is 0.480 e. The number of aliphatic carboxylic acids is 1. The third kappa shape index (κ3) is 12.7. The number of esters is 1. The van der Waals surface area contributed by atoms with Crippen LogP contribution in [0.3, 0.4) is 0 Å². The first-order valence-corrected chi connectivity index (χ1v) is 26.8. The van der Waals surface area contributed by atoms with Crippen LogP contribution >= 0.6 is 0 Å². The van der Waals surface area contributed by atoms with Gasteiger partial charge in [0, 0.05) is 38.8 Å². The molecule has 4 amide bonds. The first kappa shape index (κ1) is 51.2. The zero-order chi connectivity index (χ0) is 50.8. The lowest BCUT2D eigenvalue weighted by molar-refractivity contribution is -0.156. The Balaban J connectivity index is 0.000000180. The molecular weight excluding hydrogens is 925 g/mol. The van der Waals surface area contributed by atoms with E-state index in [1.54, 1.807) is 4.90 Å². The van der Waals surface area contributed by atoms with Gasteiger partial charge in [-0.05, 0) is 158 Å². The number of carbonyl (C=O) groups excluding carboxylic acids is 5. The van der Waals surface area contributed by atoms with Crippen LogP contribution in [0.2, 0.25) is 0 Å². The Morgan fingerprint density at radius 1 is 0.507 bits per heavy atom. The van der Waals surface area contributed by atoms with E-state index < -0.39 is 36.1 Å². The quantitative estimate of drug-likeness (QED) is 0.167. The molecule has 4 atom stereocenters. The molecule has 3 N–H and O–H groups in total. The lowest BCUT2D eigenvalue weighted by Gasteiger charge is -2.39. The van der Waals surface area contributed by atoms with Gasteiger partial charge in [0.25, 0.3) is 0 Å². The van der Waals surface area contributed by atoms with Crippen molar-refractivity contribution in [3.63, 3.8) is 0 Å². The second-order valence-electron chi connectivity index (χ2n) is 20.9. The van der Waals surface area contributed by atoms with Crippen molar-refractivity contribution < 1.29 is 48.1 Å². The van der Waals surface area contributed by atoms with Gasteiger partial charge in [-0.25, -0.2) is 9.59 Å². The molecule has 0 spiro atoms. The molecule has 2 aliphatic carbocycles. The average molecular weight is 995 g/mol. The van der Waals surface area contributed by atoms with Gasteiger partial charge in [0.05, 0.1) is 7.11 Å². The van der Waals surface area contributed by atoms with E-state index in [2.05, 4.69) is 22.8 Å². The number of methoxy groups -OCH3 is 1. The Kier molecular flexibility index (Phi) is 16.8. The third-order valence-electron chi connectivity index (χ3n) is 15.9. The molecule has 73 heavy (non-hydrogen) atoms. The summed E-state index contributed by atoms with van der Waals surface area (Å²) in [4.78, 5) is 82.2. The summed E-state index contributed by atoms with van der Waals surface area (Å²) in [6, 6.07) is 24.5. The highest BCUT2D eigenvalue weighted by Crippen LogP contribution is 2.36. The van der Waals surface area contributed by atoms with Crippen LogP contribution in [0.5, 0.6) is 23.0 Å². The highest BCUT2D eigenvalue weighted by molar-refractivity contribution is 5.92. The summed E-state index contributed by atoms with van der Waals surface area (Å²) in [6.07, 6.45) is 16.3. The summed E-state index contributed by atoms with van der Waals surface area (Å²) in [5, 5.41) is 16.2. The fourth-order valence-electron chi connectivity index (χ4n) is 11.8. The summed E-state index contributed by atoms with van der Waals surface area (Å²) < 4.78 is 17.3. The molecule has 8 aliphatic rings. The van der Waals surface area contributed by atoms with Crippen molar-refractivity contribution in [1.82, 2.24) is 20.4 Å². The smallest absolute Gasteiger partial charge is 0.328 e. The molecule has 2 fully saturated rings. The number of carboxylic acid groups (broad SMARTS) is 1. The van der Waals surface area contributed by atoms with E-state index in [0.29, 0.717) is 30.8 Å². The third-order valence-corrected chi connectivity index (χ3v) is 15.9. The van der Waals surface area contributed by atoms with Crippen LogP contribution in [0, 0.1) is 11.8 Å². The van der Waals surface area contributed by atoms with Crippen molar-refractivity contribution in [2.75, 3.05) is 7.11 Å². The average Bonchev–Trinajstić information content (AvgIpc) is 3.41. The number of aryl methyl sites for hydroxylation is 2. The number of carbonyl (C=O) groups is 6. The van der Waals surface area contributed by atoms with Gasteiger partial charge in [0.15, 0.2) is 0 Å². The van der Waals surface area contributed by atoms with Gasteiger partial charge in [0.2, 0.25) is 23.6 Å².